The molecule has 126 valence electrons. The van der Waals surface area contributed by atoms with E-state index in [9.17, 15) is 9.59 Å². The highest BCUT2D eigenvalue weighted by Crippen LogP contribution is 2.11. The number of amides is 1. The van der Waals surface area contributed by atoms with Crippen LogP contribution in [0.25, 0.3) is 0 Å². The van der Waals surface area contributed by atoms with E-state index in [1.165, 1.54) is 12.3 Å². The molecule has 0 aliphatic heterocycles. The summed E-state index contributed by atoms with van der Waals surface area (Å²) in [4.78, 5) is 28.2. The summed E-state index contributed by atoms with van der Waals surface area (Å²) in [5.74, 6) is 0.438. The van der Waals surface area contributed by atoms with Crippen molar-refractivity contribution in [1.82, 2.24) is 15.4 Å². The zero-order valence-corrected chi connectivity index (χ0v) is 14.0. The summed E-state index contributed by atoms with van der Waals surface area (Å²) < 4.78 is 5.66. The molecule has 2 rings (SSSR count). The zero-order chi connectivity index (χ0) is 17.4. The smallest absolute Gasteiger partial charge is 0.251 e. The van der Waals surface area contributed by atoms with Crippen LogP contribution < -0.4 is 15.7 Å². The van der Waals surface area contributed by atoms with E-state index in [0.717, 1.165) is 17.7 Å². The number of nitrogens with one attached hydrogen (secondary N) is 3. The summed E-state index contributed by atoms with van der Waals surface area (Å²) in [6.45, 7) is 2.72. The Hall–Kier alpha value is -2.74. The van der Waals surface area contributed by atoms with Gasteiger partial charge in [0.15, 0.2) is 4.77 Å². The molecule has 7 nitrogen and oxygen atoms in total. The minimum atomic E-state index is -0.356. The van der Waals surface area contributed by atoms with Crippen LogP contribution in [0.1, 0.15) is 24.6 Å². The van der Waals surface area contributed by atoms with Gasteiger partial charge in [-0.3, -0.25) is 14.6 Å². The number of nitrogens with zero attached hydrogens (tertiary/aromatic N) is 1. The second kappa shape index (κ2) is 8.78. The van der Waals surface area contributed by atoms with E-state index in [1.807, 2.05) is 31.2 Å². The van der Waals surface area contributed by atoms with E-state index in [-0.39, 0.29) is 22.7 Å². The third kappa shape index (κ3) is 5.81. The van der Waals surface area contributed by atoms with E-state index >= 15 is 0 Å². The molecule has 0 atom stereocenters. The summed E-state index contributed by atoms with van der Waals surface area (Å²) in [5.41, 5.74) is 3.30. The molecule has 1 amide bonds. The number of hydrogen-bond acceptors (Lipinski definition) is 5. The fourth-order valence-electron chi connectivity index (χ4n) is 1.88. The van der Waals surface area contributed by atoms with Crippen LogP contribution in [-0.2, 0) is 11.2 Å². The number of ether oxygens (including phenoxy) is 1. The van der Waals surface area contributed by atoms with Crippen LogP contribution in [0.4, 0.5) is 0 Å². The molecule has 24 heavy (non-hydrogen) atoms. The van der Waals surface area contributed by atoms with E-state index in [4.69, 9.17) is 17.0 Å². The fraction of sp³-hybridized carbons (Fsp3) is 0.250. The summed E-state index contributed by atoms with van der Waals surface area (Å²) in [7, 11) is 0. The Morgan fingerprint density at radius 3 is 2.75 bits per heavy atom. The van der Waals surface area contributed by atoms with Crippen LogP contribution in [0.5, 0.6) is 5.75 Å². The maximum Gasteiger partial charge on any atom is 0.251 e. The van der Waals surface area contributed by atoms with Crippen molar-refractivity contribution in [2.75, 3.05) is 6.61 Å². The van der Waals surface area contributed by atoms with Crippen molar-refractivity contribution in [3.8, 4) is 5.75 Å². The second-order valence-corrected chi connectivity index (χ2v) is 5.41. The maximum absolute atomic E-state index is 11.8. The summed E-state index contributed by atoms with van der Waals surface area (Å²) in [5, 5.41) is 3.88. The first kappa shape index (κ1) is 17.6. The van der Waals surface area contributed by atoms with Gasteiger partial charge in [0.25, 0.3) is 5.56 Å². The van der Waals surface area contributed by atoms with Gasteiger partial charge in [-0.25, -0.2) is 5.43 Å². The molecule has 1 aromatic heterocycles. The Morgan fingerprint density at radius 1 is 1.33 bits per heavy atom. The van der Waals surface area contributed by atoms with Gasteiger partial charge in [-0.2, -0.15) is 5.10 Å². The van der Waals surface area contributed by atoms with Crippen molar-refractivity contribution in [2.45, 2.75) is 19.8 Å². The van der Waals surface area contributed by atoms with Gasteiger partial charge < -0.3 is 9.72 Å². The Labute approximate surface area is 143 Å². The van der Waals surface area contributed by atoms with Crippen LogP contribution >= 0.6 is 12.2 Å². The van der Waals surface area contributed by atoms with Gasteiger partial charge in [-0.15, -0.1) is 0 Å². The molecule has 0 aliphatic carbocycles. The molecule has 3 N–H and O–H groups in total. The van der Waals surface area contributed by atoms with Gasteiger partial charge in [-0.1, -0.05) is 6.92 Å². The molecule has 0 bridgehead atoms. The number of carbonyl (C=O) groups is 1. The number of aromatic nitrogens is 2. The predicted molar refractivity (Wildman–Crippen MR) is 93.9 cm³/mol. The Morgan fingerprint density at radius 2 is 2.08 bits per heavy atom. The first-order valence-corrected chi connectivity index (χ1v) is 7.85. The average molecular weight is 346 g/mol. The molecule has 0 saturated heterocycles. The quantitative estimate of drug-likeness (QED) is 0.405. The van der Waals surface area contributed by atoms with Gasteiger partial charge in [0.05, 0.1) is 19.2 Å². The van der Waals surface area contributed by atoms with E-state index in [1.54, 1.807) is 0 Å². The third-order valence-corrected chi connectivity index (χ3v) is 3.13. The monoisotopic (exact) mass is 346 g/mol. The Balaban J connectivity index is 1.87. The topological polar surface area (TPSA) is 99.3 Å². The van der Waals surface area contributed by atoms with E-state index < -0.39 is 0 Å². The number of rotatable bonds is 7. The summed E-state index contributed by atoms with van der Waals surface area (Å²) in [6, 6.07) is 8.65. The van der Waals surface area contributed by atoms with Crippen LogP contribution in [0.15, 0.2) is 40.2 Å². The standard InChI is InChI=1S/C16H18N4O3S/c1-2-7-23-13-5-3-11(4-6-13)10-17-20-15(22)9-12-8-14(21)19-16(24)18-12/h3-6,8,10H,2,7,9H2,1H3,(H,20,22)(H2,18,19,21,24)/b17-10-. The van der Waals surface area contributed by atoms with Crippen molar-refractivity contribution in [3.05, 3.63) is 56.7 Å². The van der Waals surface area contributed by atoms with Crippen molar-refractivity contribution >= 4 is 24.3 Å². The highest BCUT2D eigenvalue weighted by atomic mass is 32.1. The lowest BCUT2D eigenvalue weighted by atomic mass is 10.2. The molecule has 0 unspecified atom stereocenters. The van der Waals surface area contributed by atoms with Crippen LogP contribution in [0.2, 0.25) is 0 Å². The van der Waals surface area contributed by atoms with Gasteiger partial charge in [0.2, 0.25) is 5.91 Å². The largest absolute Gasteiger partial charge is 0.494 e. The lowest BCUT2D eigenvalue weighted by Crippen LogP contribution is -2.21. The highest BCUT2D eigenvalue weighted by molar-refractivity contribution is 7.71. The number of carbonyl (C=O) groups excluding carboxylic acids is 1. The van der Waals surface area contributed by atoms with Gasteiger partial charge in [0, 0.05) is 11.8 Å². The van der Waals surface area contributed by atoms with Gasteiger partial charge in [0.1, 0.15) is 5.75 Å². The number of H-pyrrole nitrogens is 2. The molecule has 0 aliphatic rings. The first-order valence-electron chi connectivity index (χ1n) is 7.44. The molecule has 0 spiro atoms. The Bertz CT molecular complexity index is 796. The summed E-state index contributed by atoms with van der Waals surface area (Å²) in [6.07, 6.45) is 2.46. The maximum atomic E-state index is 11.8. The van der Waals surface area contributed by atoms with Crippen molar-refractivity contribution in [2.24, 2.45) is 5.10 Å². The SMILES string of the molecule is CCCOc1ccc(/C=N\NC(=O)Cc2cc(=O)[nH]c(=S)[nH]2)cc1. The van der Waals surface area contributed by atoms with Crippen LogP contribution in [0.3, 0.4) is 0 Å². The predicted octanol–water partition coefficient (Wildman–Crippen LogP) is 1.91. The van der Waals surface area contributed by atoms with Crippen molar-refractivity contribution < 1.29 is 9.53 Å². The molecule has 0 radical (unpaired) electrons. The number of aromatic amines is 2. The minimum Gasteiger partial charge on any atom is -0.494 e. The fourth-order valence-corrected chi connectivity index (χ4v) is 2.11. The lowest BCUT2D eigenvalue weighted by Gasteiger charge is -2.04. The number of hydrogen-bond donors (Lipinski definition) is 3. The summed E-state index contributed by atoms with van der Waals surface area (Å²) >= 11 is 4.85. The lowest BCUT2D eigenvalue weighted by molar-refractivity contribution is -0.120. The Kier molecular flexibility index (Phi) is 6.44. The van der Waals surface area contributed by atoms with Crippen LogP contribution in [0, 0.1) is 4.77 Å². The molecule has 1 heterocycles. The average Bonchev–Trinajstić information content (AvgIpc) is 2.53. The van der Waals surface area contributed by atoms with E-state index in [0.29, 0.717) is 12.3 Å². The molecular formula is C16H18N4O3S. The van der Waals surface area contributed by atoms with E-state index in [2.05, 4.69) is 20.5 Å². The minimum absolute atomic E-state index is 0.0192. The third-order valence-electron chi connectivity index (χ3n) is 2.92. The van der Waals surface area contributed by atoms with Crippen molar-refractivity contribution in [1.29, 1.82) is 0 Å². The van der Waals surface area contributed by atoms with Crippen LogP contribution in [-0.4, -0.2) is 28.7 Å². The number of hydrazone groups is 1. The molecule has 1 aromatic carbocycles. The number of benzene rings is 1. The molecular weight excluding hydrogens is 328 g/mol. The first-order chi connectivity index (χ1) is 11.6. The van der Waals surface area contributed by atoms with Crippen molar-refractivity contribution in [3.63, 3.8) is 0 Å². The molecule has 0 saturated carbocycles. The van der Waals surface area contributed by atoms with Gasteiger partial charge in [-0.05, 0) is 48.5 Å². The van der Waals surface area contributed by atoms with Gasteiger partial charge >= 0.3 is 0 Å². The molecule has 0 fully saturated rings. The molecule has 8 heteroatoms. The highest BCUT2D eigenvalue weighted by Gasteiger charge is 2.03. The second-order valence-electron chi connectivity index (χ2n) is 5.00. The molecule has 2 aromatic rings. The zero-order valence-electron chi connectivity index (χ0n) is 13.2. The normalized spacial score (nSPS) is 10.7.